The molecule has 0 aliphatic heterocycles. The van der Waals surface area contributed by atoms with Gasteiger partial charge in [0.2, 0.25) is 0 Å². The van der Waals surface area contributed by atoms with Crippen molar-refractivity contribution in [3.63, 3.8) is 0 Å². The van der Waals surface area contributed by atoms with Crippen LogP contribution in [0.1, 0.15) is 10.5 Å². The largest absolute Gasteiger partial charge is 0.476 e. The van der Waals surface area contributed by atoms with Crippen LogP contribution in [0.25, 0.3) is 0 Å². The lowest BCUT2D eigenvalue weighted by molar-refractivity contribution is 0.0690. The molecular weight excluding hydrogens is 250 g/mol. The van der Waals surface area contributed by atoms with Crippen molar-refractivity contribution >= 4 is 29.2 Å². The first kappa shape index (κ1) is 12.4. The number of rotatable bonds is 4. The number of hydrogen-bond acceptors (Lipinski definition) is 5. The van der Waals surface area contributed by atoms with E-state index in [0.717, 1.165) is 10.6 Å². The van der Waals surface area contributed by atoms with Gasteiger partial charge in [0.1, 0.15) is 5.82 Å². The molecule has 92 valence electrons. The summed E-state index contributed by atoms with van der Waals surface area (Å²) in [5, 5.41) is 11.9. The molecule has 18 heavy (non-hydrogen) atoms. The van der Waals surface area contributed by atoms with Crippen LogP contribution in [0.5, 0.6) is 0 Å². The number of hydrogen-bond donors (Lipinski definition) is 2. The summed E-state index contributed by atoms with van der Waals surface area (Å²) < 4.78 is 0. The molecule has 1 aromatic heterocycles. The van der Waals surface area contributed by atoms with Crippen molar-refractivity contribution in [2.24, 2.45) is 0 Å². The molecule has 6 heteroatoms. The number of nitrogens with zero attached hydrogens (tertiary/aromatic N) is 2. The molecule has 0 bridgehead atoms. The zero-order chi connectivity index (χ0) is 13.0. The van der Waals surface area contributed by atoms with Crippen LogP contribution in [0, 0.1) is 0 Å². The van der Waals surface area contributed by atoms with E-state index in [-0.39, 0.29) is 5.69 Å². The number of carboxylic acid groups (broad SMARTS) is 1. The quantitative estimate of drug-likeness (QED) is 0.824. The molecule has 0 aliphatic rings. The summed E-state index contributed by atoms with van der Waals surface area (Å²) in [6, 6.07) is 7.72. The minimum Gasteiger partial charge on any atom is -0.476 e. The van der Waals surface area contributed by atoms with Gasteiger partial charge in [0.05, 0.1) is 18.1 Å². The van der Waals surface area contributed by atoms with E-state index in [1.54, 1.807) is 11.8 Å². The van der Waals surface area contributed by atoms with Gasteiger partial charge in [0.15, 0.2) is 5.69 Å². The van der Waals surface area contributed by atoms with Gasteiger partial charge in [-0.2, -0.15) is 0 Å². The Morgan fingerprint density at radius 2 is 2.11 bits per heavy atom. The number of benzene rings is 1. The normalized spacial score (nSPS) is 10.1. The number of anilines is 2. The standard InChI is InChI=1S/C12H11N3O2S/c1-18-10-5-3-2-4-8(10)14-11-7-13-6-9(15-11)12(16)17/h2-7H,1H3,(H,14,15)(H,16,17). The summed E-state index contributed by atoms with van der Waals surface area (Å²) in [4.78, 5) is 19.7. The number of nitrogens with one attached hydrogen (secondary N) is 1. The van der Waals surface area contributed by atoms with Gasteiger partial charge in [-0.05, 0) is 18.4 Å². The molecule has 0 unspecified atom stereocenters. The highest BCUT2D eigenvalue weighted by molar-refractivity contribution is 7.98. The maximum atomic E-state index is 10.8. The van der Waals surface area contributed by atoms with Crippen LogP contribution in [0.2, 0.25) is 0 Å². The van der Waals surface area contributed by atoms with Crippen molar-refractivity contribution in [2.75, 3.05) is 11.6 Å². The summed E-state index contributed by atoms with van der Waals surface area (Å²) in [5.41, 5.74) is 0.795. The molecule has 0 aliphatic carbocycles. The van der Waals surface area contributed by atoms with Crippen LogP contribution in [-0.2, 0) is 0 Å². The maximum absolute atomic E-state index is 10.8. The Balaban J connectivity index is 2.28. The molecule has 0 amide bonds. The Morgan fingerprint density at radius 3 is 2.83 bits per heavy atom. The first-order valence-corrected chi connectivity index (χ1v) is 6.38. The first-order valence-electron chi connectivity index (χ1n) is 5.16. The predicted molar refractivity (Wildman–Crippen MR) is 70.5 cm³/mol. The molecule has 0 atom stereocenters. The smallest absolute Gasteiger partial charge is 0.356 e. The van der Waals surface area contributed by atoms with Gasteiger partial charge in [-0.25, -0.2) is 9.78 Å². The van der Waals surface area contributed by atoms with Crippen LogP contribution in [-0.4, -0.2) is 27.3 Å². The van der Waals surface area contributed by atoms with Crippen molar-refractivity contribution in [3.8, 4) is 0 Å². The molecule has 0 fully saturated rings. The number of aromatic nitrogens is 2. The van der Waals surface area contributed by atoms with Crippen molar-refractivity contribution in [1.29, 1.82) is 0 Å². The molecule has 0 saturated heterocycles. The summed E-state index contributed by atoms with van der Waals surface area (Å²) in [6.07, 6.45) is 4.68. The Bertz CT molecular complexity index is 575. The number of para-hydroxylation sites is 1. The highest BCUT2D eigenvalue weighted by Gasteiger charge is 2.07. The lowest BCUT2D eigenvalue weighted by Gasteiger charge is -2.09. The topological polar surface area (TPSA) is 75.1 Å². The molecule has 1 aromatic carbocycles. The van der Waals surface area contributed by atoms with Crippen molar-refractivity contribution < 1.29 is 9.90 Å². The van der Waals surface area contributed by atoms with Gasteiger partial charge in [0, 0.05) is 4.90 Å². The highest BCUT2D eigenvalue weighted by Crippen LogP contribution is 2.26. The van der Waals surface area contributed by atoms with Crippen molar-refractivity contribution in [2.45, 2.75) is 4.90 Å². The van der Waals surface area contributed by atoms with E-state index in [1.807, 2.05) is 30.5 Å². The van der Waals surface area contributed by atoms with E-state index in [2.05, 4.69) is 15.3 Å². The fraction of sp³-hybridized carbons (Fsp3) is 0.0833. The van der Waals surface area contributed by atoms with Gasteiger partial charge in [-0.1, -0.05) is 12.1 Å². The Labute approximate surface area is 108 Å². The van der Waals surface area contributed by atoms with E-state index in [1.165, 1.54) is 12.4 Å². The summed E-state index contributed by atoms with van der Waals surface area (Å²) in [7, 11) is 0. The molecule has 0 radical (unpaired) electrons. The zero-order valence-electron chi connectivity index (χ0n) is 9.62. The molecule has 0 saturated carbocycles. The molecule has 1 heterocycles. The van der Waals surface area contributed by atoms with Crippen LogP contribution in [0.4, 0.5) is 11.5 Å². The average Bonchev–Trinajstić information content (AvgIpc) is 2.39. The monoisotopic (exact) mass is 261 g/mol. The fourth-order valence-electron chi connectivity index (χ4n) is 1.42. The van der Waals surface area contributed by atoms with E-state index in [9.17, 15) is 4.79 Å². The average molecular weight is 261 g/mol. The number of aromatic carboxylic acids is 1. The van der Waals surface area contributed by atoms with Gasteiger partial charge in [-0.3, -0.25) is 4.98 Å². The molecule has 5 nitrogen and oxygen atoms in total. The van der Waals surface area contributed by atoms with E-state index >= 15 is 0 Å². The summed E-state index contributed by atoms with van der Waals surface area (Å²) in [5.74, 6) is -0.680. The van der Waals surface area contributed by atoms with E-state index < -0.39 is 5.97 Å². The highest BCUT2D eigenvalue weighted by atomic mass is 32.2. The lowest BCUT2D eigenvalue weighted by atomic mass is 10.3. The van der Waals surface area contributed by atoms with Crippen LogP contribution in [0.3, 0.4) is 0 Å². The molecule has 2 rings (SSSR count). The number of carbonyl (C=O) groups is 1. The minimum atomic E-state index is -1.09. The third-order valence-electron chi connectivity index (χ3n) is 2.22. The van der Waals surface area contributed by atoms with Crippen LogP contribution >= 0.6 is 11.8 Å². The van der Waals surface area contributed by atoms with Gasteiger partial charge in [0.25, 0.3) is 0 Å². The van der Waals surface area contributed by atoms with Gasteiger partial charge >= 0.3 is 5.97 Å². The second-order valence-electron chi connectivity index (χ2n) is 3.42. The maximum Gasteiger partial charge on any atom is 0.356 e. The van der Waals surface area contributed by atoms with Gasteiger partial charge < -0.3 is 10.4 Å². The summed E-state index contributed by atoms with van der Waals surface area (Å²) >= 11 is 1.60. The van der Waals surface area contributed by atoms with Gasteiger partial charge in [-0.15, -0.1) is 11.8 Å². The fourth-order valence-corrected chi connectivity index (χ4v) is 1.97. The Kier molecular flexibility index (Phi) is 3.78. The van der Waals surface area contributed by atoms with Crippen molar-refractivity contribution in [3.05, 3.63) is 42.4 Å². The molecule has 0 spiro atoms. The molecule has 2 N–H and O–H groups in total. The third kappa shape index (κ3) is 2.78. The van der Waals surface area contributed by atoms with E-state index in [0.29, 0.717) is 5.82 Å². The Hall–Kier alpha value is -2.08. The second kappa shape index (κ2) is 5.50. The first-order chi connectivity index (χ1) is 8.70. The van der Waals surface area contributed by atoms with E-state index in [4.69, 9.17) is 5.11 Å². The summed E-state index contributed by atoms with van der Waals surface area (Å²) in [6.45, 7) is 0. The number of carboxylic acids is 1. The van der Waals surface area contributed by atoms with Crippen LogP contribution < -0.4 is 5.32 Å². The van der Waals surface area contributed by atoms with Crippen LogP contribution in [0.15, 0.2) is 41.6 Å². The number of thioether (sulfide) groups is 1. The SMILES string of the molecule is CSc1ccccc1Nc1cncc(C(=O)O)n1. The zero-order valence-corrected chi connectivity index (χ0v) is 10.4. The minimum absolute atomic E-state index is 0.0818. The second-order valence-corrected chi connectivity index (χ2v) is 4.27. The van der Waals surface area contributed by atoms with Crippen molar-refractivity contribution in [1.82, 2.24) is 9.97 Å². The lowest BCUT2D eigenvalue weighted by Crippen LogP contribution is -2.04. The third-order valence-corrected chi connectivity index (χ3v) is 3.02. The predicted octanol–water partition coefficient (Wildman–Crippen LogP) is 2.64. The molecular formula is C12H11N3O2S. The Morgan fingerprint density at radius 1 is 1.33 bits per heavy atom. The molecule has 2 aromatic rings.